The lowest BCUT2D eigenvalue weighted by Crippen LogP contribution is -2.15. The molecule has 1 heterocycles. The van der Waals surface area contributed by atoms with E-state index in [1.165, 1.54) is 17.8 Å². The van der Waals surface area contributed by atoms with Gasteiger partial charge in [-0.25, -0.2) is 4.79 Å². The van der Waals surface area contributed by atoms with Crippen LogP contribution in [0.4, 0.5) is 5.69 Å². The number of carbonyl (C=O) groups is 2. The quantitative estimate of drug-likeness (QED) is 0.906. The van der Waals surface area contributed by atoms with Crippen molar-refractivity contribution in [3.63, 3.8) is 0 Å². The van der Waals surface area contributed by atoms with Gasteiger partial charge in [0.25, 0.3) is 5.91 Å². The second kappa shape index (κ2) is 5.23. The van der Waals surface area contributed by atoms with Gasteiger partial charge in [0.1, 0.15) is 5.69 Å². The van der Waals surface area contributed by atoms with Crippen LogP contribution in [0.2, 0.25) is 0 Å². The molecule has 2 aromatic rings. The molecule has 7 heteroatoms. The second-order valence-electron chi connectivity index (χ2n) is 3.80. The van der Waals surface area contributed by atoms with Gasteiger partial charge in [-0.3, -0.25) is 9.48 Å². The fourth-order valence-electron chi connectivity index (χ4n) is 1.51. The number of aryl methyl sites for hydroxylation is 1. The highest BCUT2D eigenvalue weighted by atomic mass is 79.9. The first-order chi connectivity index (χ1) is 8.97. The van der Waals surface area contributed by atoms with Crippen molar-refractivity contribution in [2.75, 3.05) is 5.32 Å². The first-order valence-corrected chi connectivity index (χ1v) is 6.11. The van der Waals surface area contributed by atoms with E-state index in [9.17, 15) is 9.59 Å². The number of hydrogen-bond acceptors (Lipinski definition) is 3. The molecule has 6 nitrogen and oxygen atoms in total. The van der Waals surface area contributed by atoms with Gasteiger partial charge >= 0.3 is 5.97 Å². The molecule has 2 N–H and O–H groups in total. The number of aromatic nitrogens is 2. The van der Waals surface area contributed by atoms with E-state index < -0.39 is 11.9 Å². The van der Waals surface area contributed by atoms with E-state index in [1.807, 2.05) is 0 Å². The van der Waals surface area contributed by atoms with Gasteiger partial charge in [0.2, 0.25) is 0 Å². The third-order valence-corrected chi connectivity index (χ3v) is 2.96. The normalized spacial score (nSPS) is 10.2. The number of rotatable bonds is 3. The Labute approximate surface area is 117 Å². The fraction of sp³-hybridized carbons (Fsp3) is 0.0833. The van der Waals surface area contributed by atoms with E-state index >= 15 is 0 Å². The number of carbonyl (C=O) groups excluding carboxylic acids is 1. The van der Waals surface area contributed by atoms with Crippen molar-refractivity contribution in [1.29, 1.82) is 0 Å². The van der Waals surface area contributed by atoms with Gasteiger partial charge in [-0.1, -0.05) is 15.9 Å². The Bertz CT molecular complexity index is 634. The van der Waals surface area contributed by atoms with Gasteiger partial charge < -0.3 is 10.4 Å². The zero-order valence-corrected chi connectivity index (χ0v) is 11.5. The minimum atomic E-state index is -1.17. The van der Waals surface area contributed by atoms with Crippen molar-refractivity contribution in [2.24, 2.45) is 7.05 Å². The second-order valence-corrected chi connectivity index (χ2v) is 4.72. The maximum Gasteiger partial charge on any atom is 0.356 e. The molecule has 19 heavy (non-hydrogen) atoms. The van der Waals surface area contributed by atoms with Crippen LogP contribution in [0.25, 0.3) is 0 Å². The molecule has 0 aliphatic heterocycles. The zero-order valence-electron chi connectivity index (χ0n) is 9.92. The third-order valence-electron chi connectivity index (χ3n) is 2.43. The summed E-state index contributed by atoms with van der Waals surface area (Å²) in [7, 11) is 1.52. The van der Waals surface area contributed by atoms with E-state index in [4.69, 9.17) is 5.11 Å². The summed E-state index contributed by atoms with van der Waals surface area (Å²) >= 11 is 3.30. The van der Waals surface area contributed by atoms with Crippen LogP contribution in [0, 0.1) is 0 Å². The number of nitrogens with one attached hydrogen (secondary N) is 1. The molecule has 0 saturated heterocycles. The molecule has 98 valence electrons. The van der Waals surface area contributed by atoms with E-state index in [1.54, 1.807) is 24.3 Å². The molecule has 0 atom stereocenters. The number of hydrogen-bond donors (Lipinski definition) is 2. The Hall–Kier alpha value is -2.15. The molecule has 1 amide bonds. The highest BCUT2D eigenvalue weighted by molar-refractivity contribution is 9.10. The number of benzene rings is 1. The maximum absolute atomic E-state index is 12.0. The summed E-state index contributed by atoms with van der Waals surface area (Å²) in [5.41, 5.74) is 0.634. The molecule has 0 spiro atoms. The smallest absolute Gasteiger partial charge is 0.356 e. The number of carboxylic acids is 1. The lowest BCUT2D eigenvalue weighted by atomic mass is 10.3. The van der Waals surface area contributed by atoms with Crippen molar-refractivity contribution in [2.45, 2.75) is 0 Å². The van der Waals surface area contributed by atoms with Gasteiger partial charge in [0, 0.05) is 23.3 Å². The number of aromatic carboxylic acids is 1. The van der Waals surface area contributed by atoms with Crippen LogP contribution in [-0.2, 0) is 7.05 Å². The standard InChI is InChI=1S/C12H10BrN3O3/c1-16-10(6-9(15-16)12(18)19)11(17)14-8-4-2-7(13)3-5-8/h2-6H,1H3,(H,14,17)(H,18,19). The van der Waals surface area contributed by atoms with Crippen LogP contribution >= 0.6 is 15.9 Å². The summed E-state index contributed by atoms with van der Waals surface area (Å²) < 4.78 is 2.14. The van der Waals surface area contributed by atoms with E-state index in [0.29, 0.717) is 5.69 Å². The number of carboxylic acid groups (broad SMARTS) is 1. The Morgan fingerprint density at radius 2 is 1.95 bits per heavy atom. The Balaban J connectivity index is 2.20. The predicted molar refractivity (Wildman–Crippen MR) is 72.3 cm³/mol. The Morgan fingerprint density at radius 3 is 2.47 bits per heavy atom. The first kappa shape index (κ1) is 13.3. The summed E-state index contributed by atoms with van der Waals surface area (Å²) in [6.45, 7) is 0. The van der Waals surface area contributed by atoms with Gasteiger partial charge in [-0.2, -0.15) is 5.10 Å². The molecule has 0 unspecified atom stereocenters. The van der Waals surface area contributed by atoms with Gasteiger partial charge in [-0.15, -0.1) is 0 Å². The lowest BCUT2D eigenvalue weighted by Gasteiger charge is -2.04. The van der Waals surface area contributed by atoms with Crippen molar-refractivity contribution >= 4 is 33.5 Å². The van der Waals surface area contributed by atoms with Crippen LogP contribution in [-0.4, -0.2) is 26.8 Å². The average molecular weight is 324 g/mol. The van der Waals surface area contributed by atoms with Crippen molar-refractivity contribution < 1.29 is 14.7 Å². The zero-order chi connectivity index (χ0) is 14.0. The average Bonchev–Trinajstić information content (AvgIpc) is 2.74. The largest absolute Gasteiger partial charge is 0.476 e. The summed E-state index contributed by atoms with van der Waals surface area (Å²) in [6, 6.07) is 8.28. The minimum Gasteiger partial charge on any atom is -0.476 e. The summed E-state index contributed by atoms with van der Waals surface area (Å²) in [5.74, 6) is -1.58. The minimum absolute atomic E-state index is 0.163. The van der Waals surface area contributed by atoms with E-state index in [-0.39, 0.29) is 11.4 Å². The van der Waals surface area contributed by atoms with Crippen LogP contribution in [0.3, 0.4) is 0 Å². The van der Waals surface area contributed by atoms with Gasteiger partial charge in [0.15, 0.2) is 5.69 Å². The number of halogens is 1. The van der Waals surface area contributed by atoms with Crippen LogP contribution in [0.1, 0.15) is 21.0 Å². The summed E-state index contributed by atoms with van der Waals surface area (Å²) in [4.78, 5) is 22.8. The first-order valence-electron chi connectivity index (χ1n) is 5.31. The maximum atomic E-state index is 12.0. The SMILES string of the molecule is Cn1nc(C(=O)O)cc1C(=O)Nc1ccc(Br)cc1. The Kier molecular flexibility index (Phi) is 3.66. The monoisotopic (exact) mass is 323 g/mol. The number of anilines is 1. The summed E-state index contributed by atoms with van der Waals surface area (Å²) in [6.07, 6.45) is 0. The molecule has 0 radical (unpaired) electrons. The van der Waals surface area contributed by atoms with Crippen LogP contribution < -0.4 is 5.32 Å². The molecular formula is C12H10BrN3O3. The predicted octanol–water partition coefficient (Wildman–Crippen LogP) is 2.13. The molecule has 0 bridgehead atoms. The molecule has 1 aromatic heterocycles. The van der Waals surface area contributed by atoms with Crippen molar-refractivity contribution in [3.05, 3.63) is 46.2 Å². The van der Waals surface area contributed by atoms with Crippen LogP contribution in [0.5, 0.6) is 0 Å². The van der Waals surface area contributed by atoms with Gasteiger partial charge in [-0.05, 0) is 24.3 Å². The van der Waals surface area contributed by atoms with Crippen molar-refractivity contribution in [3.8, 4) is 0 Å². The highest BCUT2D eigenvalue weighted by Crippen LogP contribution is 2.15. The fourth-order valence-corrected chi connectivity index (χ4v) is 1.78. The Morgan fingerprint density at radius 1 is 1.32 bits per heavy atom. The molecule has 0 aliphatic carbocycles. The topological polar surface area (TPSA) is 84.2 Å². The summed E-state index contributed by atoms with van der Waals surface area (Å²) in [5, 5.41) is 15.2. The molecular weight excluding hydrogens is 314 g/mol. The number of amides is 1. The molecule has 2 rings (SSSR count). The highest BCUT2D eigenvalue weighted by Gasteiger charge is 2.16. The molecule has 0 fully saturated rings. The van der Waals surface area contributed by atoms with E-state index in [0.717, 1.165) is 4.47 Å². The molecule has 0 saturated carbocycles. The van der Waals surface area contributed by atoms with E-state index in [2.05, 4.69) is 26.3 Å². The van der Waals surface area contributed by atoms with Crippen molar-refractivity contribution in [1.82, 2.24) is 9.78 Å². The molecule has 0 aliphatic rings. The lowest BCUT2D eigenvalue weighted by molar-refractivity contribution is 0.0689. The molecule has 1 aromatic carbocycles. The third kappa shape index (κ3) is 3.00. The number of nitrogens with zero attached hydrogens (tertiary/aromatic N) is 2. The van der Waals surface area contributed by atoms with Crippen LogP contribution in [0.15, 0.2) is 34.8 Å². The van der Waals surface area contributed by atoms with Gasteiger partial charge in [0.05, 0.1) is 0 Å².